The molecule has 1 rings (SSSR count). The van der Waals surface area contributed by atoms with Crippen LogP contribution in [0.5, 0.6) is 0 Å². The van der Waals surface area contributed by atoms with Crippen molar-refractivity contribution in [1.29, 1.82) is 0 Å². The molecule has 1 aromatic rings. The Morgan fingerprint density at radius 1 is 1.36 bits per heavy atom. The largest absolute Gasteiger partial charge is 0.480 e. The van der Waals surface area contributed by atoms with Crippen LogP contribution < -0.4 is 16.6 Å². The molecule has 2 unspecified atom stereocenters. The minimum Gasteiger partial charge on any atom is -0.480 e. The number of aliphatic carboxylic acids is 1. The van der Waals surface area contributed by atoms with Crippen molar-refractivity contribution in [2.24, 2.45) is 5.73 Å². The summed E-state index contributed by atoms with van der Waals surface area (Å²) in [6.07, 6.45) is 1.30. The van der Waals surface area contributed by atoms with Gasteiger partial charge in [-0.2, -0.15) is 0 Å². The number of aromatic nitrogens is 1. The van der Waals surface area contributed by atoms with Gasteiger partial charge in [0.1, 0.15) is 12.1 Å². The van der Waals surface area contributed by atoms with Crippen LogP contribution in [-0.4, -0.2) is 33.5 Å². The summed E-state index contributed by atoms with van der Waals surface area (Å²) in [5, 5.41) is 11.2. The molecule has 4 N–H and O–H groups in total. The lowest BCUT2D eigenvalue weighted by molar-refractivity contribution is -0.143. The van der Waals surface area contributed by atoms with Crippen LogP contribution in [0.3, 0.4) is 0 Å². The lowest BCUT2D eigenvalue weighted by atomic mass is 10.1. The van der Waals surface area contributed by atoms with Crippen LogP contribution >= 0.6 is 0 Å². The fourth-order valence-electron chi connectivity index (χ4n) is 2.04. The number of carboxylic acids is 1. The number of aryl methyl sites for hydroxylation is 1. The molecule has 1 heterocycles. The van der Waals surface area contributed by atoms with E-state index < -0.39 is 36.3 Å². The first-order chi connectivity index (χ1) is 10.3. The van der Waals surface area contributed by atoms with Gasteiger partial charge < -0.3 is 20.7 Å². The standard InChI is InChI=1S/C14H19N3O5/c1-3-10(17-7-8(2)4-5-12(17)19)13(20)16-9(14(21)22)6-11(15)18/h4-5,7,9-10H,3,6H2,1-2H3,(H2,15,18)(H,16,20)(H,21,22). The third kappa shape index (κ3) is 4.44. The van der Waals surface area contributed by atoms with Crippen molar-refractivity contribution in [2.45, 2.75) is 38.8 Å². The highest BCUT2D eigenvalue weighted by Crippen LogP contribution is 2.11. The number of nitrogens with zero attached hydrogens (tertiary/aromatic N) is 1. The van der Waals surface area contributed by atoms with Crippen LogP contribution in [-0.2, 0) is 14.4 Å². The second kappa shape index (κ2) is 7.39. The van der Waals surface area contributed by atoms with Gasteiger partial charge >= 0.3 is 5.97 Å². The maximum absolute atomic E-state index is 12.2. The highest BCUT2D eigenvalue weighted by Gasteiger charge is 2.27. The molecule has 0 aliphatic carbocycles. The second-order valence-corrected chi connectivity index (χ2v) is 4.95. The van der Waals surface area contributed by atoms with Gasteiger partial charge in [0.05, 0.1) is 6.42 Å². The summed E-state index contributed by atoms with van der Waals surface area (Å²) >= 11 is 0. The summed E-state index contributed by atoms with van der Waals surface area (Å²) in [7, 11) is 0. The molecule has 0 aromatic carbocycles. The molecule has 0 fully saturated rings. The van der Waals surface area contributed by atoms with E-state index in [1.807, 2.05) is 0 Å². The second-order valence-electron chi connectivity index (χ2n) is 4.95. The Labute approximate surface area is 126 Å². The summed E-state index contributed by atoms with van der Waals surface area (Å²) in [4.78, 5) is 46.0. The minimum absolute atomic E-state index is 0.290. The normalized spacial score (nSPS) is 13.2. The first-order valence-corrected chi connectivity index (χ1v) is 6.76. The zero-order chi connectivity index (χ0) is 16.9. The third-order valence-corrected chi connectivity index (χ3v) is 3.13. The molecule has 0 spiro atoms. The van der Waals surface area contributed by atoms with Crippen LogP contribution in [0.2, 0.25) is 0 Å². The van der Waals surface area contributed by atoms with Crippen molar-refractivity contribution in [3.63, 3.8) is 0 Å². The van der Waals surface area contributed by atoms with E-state index in [9.17, 15) is 19.2 Å². The maximum Gasteiger partial charge on any atom is 0.326 e. The number of hydrogen-bond donors (Lipinski definition) is 3. The quantitative estimate of drug-likeness (QED) is 0.628. The number of hydrogen-bond acceptors (Lipinski definition) is 4. The van der Waals surface area contributed by atoms with E-state index in [1.165, 1.54) is 16.8 Å². The minimum atomic E-state index is -1.42. The van der Waals surface area contributed by atoms with Crippen molar-refractivity contribution in [2.75, 3.05) is 0 Å². The number of rotatable bonds is 7. The molecule has 8 heteroatoms. The van der Waals surface area contributed by atoms with Crippen molar-refractivity contribution >= 4 is 17.8 Å². The third-order valence-electron chi connectivity index (χ3n) is 3.13. The Bertz CT molecular complexity index is 638. The van der Waals surface area contributed by atoms with Gasteiger partial charge in [0, 0.05) is 12.3 Å². The summed E-state index contributed by atoms with van der Waals surface area (Å²) in [5.41, 5.74) is 5.39. The van der Waals surface area contributed by atoms with Crippen LogP contribution in [0.15, 0.2) is 23.1 Å². The van der Waals surface area contributed by atoms with E-state index in [1.54, 1.807) is 19.9 Å². The zero-order valence-electron chi connectivity index (χ0n) is 12.4. The zero-order valence-corrected chi connectivity index (χ0v) is 12.4. The summed E-state index contributed by atoms with van der Waals surface area (Å²) in [6, 6.07) is 0.682. The fourth-order valence-corrected chi connectivity index (χ4v) is 2.04. The Morgan fingerprint density at radius 2 is 2.00 bits per heavy atom. The Hall–Kier alpha value is -2.64. The Kier molecular flexibility index (Phi) is 5.85. The number of carboxylic acid groups (broad SMARTS) is 1. The SMILES string of the molecule is CCC(C(=O)NC(CC(N)=O)C(=O)O)n1cc(C)ccc1=O. The molecule has 0 aliphatic rings. The van der Waals surface area contributed by atoms with E-state index >= 15 is 0 Å². The number of nitrogens with two attached hydrogens (primary N) is 1. The fraction of sp³-hybridized carbons (Fsp3) is 0.429. The van der Waals surface area contributed by atoms with Gasteiger partial charge in [-0.25, -0.2) is 4.79 Å². The van der Waals surface area contributed by atoms with Gasteiger partial charge in [-0.05, 0) is 18.9 Å². The predicted molar refractivity (Wildman–Crippen MR) is 78.1 cm³/mol. The maximum atomic E-state index is 12.2. The molecule has 1 aromatic heterocycles. The lowest BCUT2D eigenvalue weighted by Crippen LogP contribution is -2.47. The average Bonchev–Trinajstić information content (AvgIpc) is 2.42. The molecular formula is C14H19N3O5. The number of primary amides is 1. The average molecular weight is 309 g/mol. The number of carbonyl (C=O) groups is 3. The lowest BCUT2D eigenvalue weighted by Gasteiger charge is -2.21. The summed E-state index contributed by atoms with van der Waals surface area (Å²) < 4.78 is 1.24. The van der Waals surface area contributed by atoms with Crippen LogP contribution in [0.25, 0.3) is 0 Å². The van der Waals surface area contributed by atoms with Gasteiger partial charge in [0.2, 0.25) is 11.8 Å². The van der Waals surface area contributed by atoms with Gasteiger partial charge in [-0.1, -0.05) is 13.0 Å². The van der Waals surface area contributed by atoms with Gasteiger partial charge in [-0.15, -0.1) is 0 Å². The monoisotopic (exact) mass is 309 g/mol. The van der Waals surface area contributed by atoms with E-state index in [4.69, 9.17) is 10.8 Å². The molecule has 0 radical (unpaired) electrons. The first kappa shape index (κ1) is 17.4. The van der Waals surface area contributed by atoms with Crippen molar-refractivity contribution in [3.05, 3.63) is 34.2 Å². The predicted octanol–water partition coefficient (Wildman–Crippen LogP) is -0.447. The van der Waals surface area contributed by atoms with Gasteiger partial charge in [0.15, 0.2) is 0 Å². The summed E-state index contributed by atoms with van der Waals surface area (Å²) in [6.45, 7) is 3.47. The van der Waals surface area contributed by atoms with Gasteiger partial charge in [0.25, 0.3) is 5.56 Å². The molecule has 0 saturated heterocycles. The van der Waals surface area contributed by atoms with Crippen molar-refractivity contribution in [1.82, 2.24) is 9.88 Å². The highest BCUT2D eigenvalue weighted by molar-refractivity contribution is 5.89. The number of amides is 2. The number of nitrogens with one attached hydrogen (secondary N) is 1. The van der Waals surface area contributed by atoms with Crippen LogP contribution in [0, 0.1) is 6.92 Å². The van der Waals surface area contributed by atoms with E-state index in [-0.39, 0.29) is 12.0 Å². The van der Waals surface area contributed by atoms with E-state index in [2.05, 4.69) is 5.32 Å². The van der Waals surface area contributed by atoms with Crippen LogP contribution in [0.1, 0.15) is 31.4 Å². The van der Waals surface area contributed by atoms with Crippen LogP contribution in [0.4, 0.5) is 0 Å². The van der Waals surface area contributed by atoms with Crippen molar-refractivity contribution < 1.29 is 19.5 Å². The highest BCUT2D eigenvalue weighted by atomic mass is 16.4. The number of pyridine rings is 1. The molecule has 2 amide bonds. The van der Waals surface area contributed by atoms with E-state index in [0.717, 1.165) is 5.56 Å². The first-order valence-electron chi connectivity index (χ1n) is 6.76. The number of carbonyl (C=O) groups excluding carboxylic acids is 2. The van der Waals surface area contributed by atoms with Gasteiger partial charge in [-0.3, -0.25) is 14.4 Å². The Balaban J connectivity index is 3.01. The smallest absolute Gasteiger partial charge is 0.326 e. The molecule has 2 atom stereocenters. The molecule has 8 nitrogen and oxygen atoms in total. The molecule has 0 bridgehead atoms. The molecule has 22 heavy (non-hydrogen) atoms. The summed E-state index contributed by atoms with van der Waals surface area (Å²) in [5.74, 6) is -2.85. The van der Waals surface area contributed by atoms with Crippen molar-refractivity contribution in [3.8, 4) is 0 Å². The molecule has 0 aliphatic heterocycles. The van der Waals surface area contributed by atoms with E-state index in [0.29, 0.717) is 0 Å². The topological polar surface area (TPSA) is 131 Å². The Morgan fingerprint density at radius 3 is 2.50 bits per heavy atom. The molecular weight excluding hydrogens is 290 g/mol. The molecule has 0 saturated carbocycles. The molecule has 120 valence electrons.